The summed E-state index contributed by atoms with van der Waals surface area (Å²) in [6.07, 6.45) is 5.33. The van der Waals surface area contributed by atoms with Crippen LogP contribution in [-0.4, -0.2) is 40.6 Å². The average Bonchev–Trinajstić information content (AvgIpc) is 3.04. The standard InChI is InChI=1S/C18H23N3O3/c22-11-16(18(24)19-13-7-2-1-3-8-13)21-17(23)15-10-12-6-4-5-9-14(12)20-15/h4-6,9-10,13,16,20,22H,1-3,7-8,11H2,(H,19,24)(H,21,23)/t16-/m0/s1. The molecule has 6 heteroatoms. The Hall–Kier alpha value is -2.34. The first-order valence-corrected chi connectivity index (χ1v) is 8.47. The van der Waals surface area contributed by atoms with Gasteiger partial charge in [0.1, 0.15) is 11.7 Å². The number of carbonyl (C=O) groups excluding carboxylic acids is 2. The lowest BCUT2D eigenvalue weighted by Gasteiger charge is -2.25. The summed E-state index contributed by atoms with van der Waals surface area (Å²) in [5.74, 6) is -0.724. The summed E-state index contributed by atoms with van der Waals surface area (Å²) in [4.78, 5) is 27.7. The smallest absolute Gasteiger partial charge is 0.268 e. The van der Waals surface area contributed by atoms with E-state index in [-0.39, 0.29) is 11.9 Å². The quantitative estimate of drug-likeness (QED) is 0.672. The van der Waals surface area contributed by atoms with Crippen LogP contribution in [0.5, 0.6) is 0 Å². The zero-order valence-corrected chi connectivity index (χ0v) is 13.5. The van der Waals surface area contributed by atoms with E-state index >= 15 is 0 Å². The van der Waals surface area contributed by atoms with Crippen molar-refractivity contribution in [3.63, 3.8) is 0 Å². The van der Waals surface area contributed by atoms with Gasteiger partial charge in [0.15, 0.2) is 0 Å². The normalized spacial score (nSPS) is 16.7. The van der Waals surface area contributed by atoms with Crippen molar-refractivity contribution in [2.45, 2.75) is 44.2 Å². The van der Waals surface area contributed by atoms with Gasteiger partial charge in [0.05, 0.1) is 6.61 Å². The van der Waals surface area contributed by atoms with Gasteiger partial charge in [-0.1, -0.05) is 37.5 Å². The van der Waals surface area contributed by atoms with Gasteiger partial charge in [-0.3, -0.25) is 9.59 Å². The Bertz CT molecular complexity index is 686. The highest BCUT2D eigenvalue weighted by Crippen LogP contribution is 2.17. The third-order valence-electron chi connectivity index (χ3n) is 4.53. The molecule has 0 saturated heterocycles. The number of benzene rings is 1. The number of aliphatic hydroxyl groups is 1. The van der Waals surface area contributed by atoms with E-state index in [1.54, 1.807) is 6.07 Å². The van der Waals surface area contributed by atoms with E-state index in [0.717, 1.165) is 36.6 Å². The number of para-hydroxylation sites is 1. The van der Waals surface area contributed by atoms with Crippen molar-refractivity contribution < 1.29 is 14.7 Å². The highest BCUT2D eigenvalue weighted by molar-refractivity contribution is 6.00. The van der Waals surface area contributed by atoms with Crippen LogP contribution in [0.4, 0.5) is 0 Å². The molecule has 2 aromatic rings. The van der Waals surface area contributed by atoms with Gasteiger partial charge in [-0.2, -0.15) is 0 Å². The van der Waals surface area contributed by atoms with E-state index in [0.29, 0.717) is 5.69 Å². The second kappa shape index (κ2) is 7.49. The maximum absolute atomic E-state index is 12.3. The molecule has 1 aromatic heterocycles. The molecule has 1 fully saturated rings. The predicted molar refractivity (Wildman–Crippen MR) is 91.7 cm³/mol. The van der Waals surface area contributed by atoms with E-state index in [4.69, 9.17) is 0 Å². The summed E-state index contributed by atoms with van der Waals surface area (Å²) < 4.78 is 0. The van der Waals surface area contributed by atoms with Crippen LogP contribution in [0, 0.1) is 0 Å². The van der Waals surface area contributed by atoms with Gasteiger partial charge in [0, 0.05) is 16.9 Å². The second-order valence-electron chi connectivity index (χ2n) is 6.32. The second-order valence-corrected chi connectivity index (χ2v) is 6.32. The van der Waals surface area contributed by atoms with Crippen LogP contribution in [0.15, 0.2) is 30.3 Å². The molecule has 0 unspecified atom stereocenters. The number of aromatic amines is 1. The summed E-state index contributed by atoms with van der Waals surface area (Å²) >= 11 is 0. The summed E-state index contributed by atoms with van der Waals surface area (Å²) in [6.45, 7) is -0.426. The Labute approximate surface area is 140 Å². The molecule has 0 aliphatic heterocycles. The van der Waals surface area contributed by atoms with Crippen LogP contribution in [0.2, 0.25) is 0 Å². The zero-order valence-electron chi connectivity index (χ0n) is 13.5. The third kappa shape index (κ3) is 3.76. The van der Waals surface area contributed by atoms with Gasteiger partial charge in [-0.15, -0.1) is 0 Å². The molecule has 0 spiro atoms. The summed E-state index contributed by atoms with van der Waals surface area (Å²) in [6, 6.07) is 8.50. The number of amides is 2. The molecule has 1 atom stereocenters. The molecule has 1 aliphatic carbocycles. The molecule has 3 rings (SSSR count). The predicted octanol–water partition coefficient (Wildman–Crippen LogP) is 1.71. The van der Waals surface area contributed by atoms with Crippen molar-refractivity contribution in [3.05, 3.63) is 36.0 Å². The molecule has 2 amide bonds. The number of nitrogens with one attached hydrogen (secondary N) is 3. The minimum absolute atomic E-state index is 0.144. The third-order valence-corrected chi connectivity index (χ3v) is 4.53. The highest BCUT2D eigenvalue weighted by atomic mass is 16.3. The zero-order chi connectivity index (χ0) is 16.9. The van der Waals surface area contributed by atoms with E-state index < -0.39 is 18.6 Å². The fourth-order valence-corrected chi connectivity index (χ4v) is 3.17. The van der Waals surface area contributed by atoms with Crippen molar-refractivity contribution in [1.29, 1.82) is 0 Å². The number of aromatic nitrogens is 1. The van der Waals surface area contributed by atoms with Crippen LogP contribution in [0.25, 0.3) is 10.9 Å². The summed E-state index contributed by atoms with van der Waals surface area (Å²) in [7, 11) is 0. The van der Waals surface area contributed by atoms with Crippen LogP contribution < -0.4 is 10.6 Å². The molecule has 1 saturated carbocycles. The topological polar surface area (TPSA) is 94.2 Å². The number of rotatable bonds is 5. The first kappa shape index (κ1) is 16.5. The van der Waals surface area contributed by atoms with Crippen molar-refractivity contribution in [2.75, 3.05) is 6.61 Å². The first-order chi connectivity index (χ1) is 11.7. The van der Waals surface area contributed by atoms with Gasteiger partial charge in [0.25, 0.3) is 5.91 Å². The molecule has 1 heterocycles. The van der Waals surface area contributed by atoms with Gasteiger partial charge < -0.3 is 20.7 Å². The monoisotopic (exact) mass is 329 g/mol. The molecule has 6 nitrogen and oxygen atoms in total. The summed E-state index contributed by atoms with van der Waals surface area (Å²) in [5.41, 5.74) is 1.23. The molecular formula is C18H23N3O3. The van der Waals surface area contributed by atoms with E-state index in [1.807, 2.05) is 24.3 Å². The van der Waals surface area contributed by atoms with Gasteiger partial charge >= 0.3 is 0 Å². The van der Waals surface area contributed by atoms with E-state index in [1.165, 1.54) is 6.42 Å². The Morgan fingerprint density at radius 3 is 2.67 bits per heavy atom. The number of hydrogen-bond acceptors (Lipinski definition) is 3. The van der Waals surface area contributed by atoms with Crippen LogP contribution in [0.1, 0.15) is 42.6 Å². The number of hydrogen-bond donors (Lipinski definition) is 4. The van der Waals surface area contributed by atoms with E-state index in [2.05, 4.69) is 15.6 Å². The van der Waals surface area contributed by atoms with Crippen molar-refractivity contribution in [3.8, 4) is 0 Å². The molecule has 1 aromatic carbocycles. The fourth-order valence-electron chi connectivity index (χ4n) is 3.17. The SMILES string of the molecule is O=C(N[C@@H](CO)C(=O)NC1CCCCC1)c1cc2ccccc2[nH]1. The number of fused-ring (bicyclic) bond motifs is 1. The van der Waals surface area contributed by atoms with Crippen LogP contribution in [-0.2, 0) is 4.79 Å². The number of aliphatic hydroxyl groups excluding tert-OH is 1. The van der Waals surface area contributed by atoms with E-state index in [9.17, 15) is 14.7 Å². The number of H-pyrrole nitrogens is 1. The van der Waals surface area contributed by atoms with Gasteiger partial charge in [-0.05, 0) is 25.0 Å². The fraction of sp³-hybridized carbons (Fsp3) is 0.444. The maximum atomic E-state index is 12.3. The largest absolute Gasteiger partial charge is 0.394 e. The Morgan fingerprint density at radius 1 is 1.21 bits per heavy atom. The maximum Gasteiger partial charge on any atom is 0.268 e. The first-order valence-electron chi connectivity index (χ1n) is 8.47. The Balaban J connectivity index is 1.63. The van der Waals surface area contributed by atoms with Crippen LogP contribution >= 0.6 is 0 Å². The highest BCUT2D eigenvalue weighted by Gasteiger charge is 2.24. The molecule has 128 valence electrons. The minimum Gasteiger partial charge on any atom is -0.394 e. The average molecular weight is 329 g/mol. The molecule has 0 radical (unpaired) electrons. The van der Waals surface area contributed by atoms with Gasteiger partial charge in [0.2, 0.25) is 5.91 Å². The molecular weight excluding hydrogens is 306 g/mol. The van der Waals surface area contributed by atoms with Crippen LogP contribution in [0.3, 0.4) is 0 Å². The number of carbonyl (C=O) groups is 2. The Morgan fingerprint density at radius 2 is 1.96 bits per heavy atom. The van der Waals surface area contributed by atoms with Crippen molar-refractivity contribution in [1.82, 2.24) is 15.6 Å². The molecule has 24 heavy (non-hydrogen) atoms. The van der Waals surface area contributed by atoms with Crippen molar-refractivity contribution in [2.24, 2.45) is 0 Å². The molecule has 4 N–H and O–H groups in total. The lowest BCUT2D eigenvalue weighted by Crippen LogP contribution is -2.51. The molecule has 0 bridgehead atoms. The van der Waals surface area contributed by atoms with Gasteiger partial charge in [-0.25, -0.2) is 0 Å². The van der Waals surface area contributed by atoms with Crippen molar-refractivity contribution >= 4 is 22.7 Å². The lowest BCUT2D eigenvalue weighted by molar-refractivity contribution is -0.124. The summed E-state index contributed by atoms with van der Waals surface area (Å²) in [5, 5.41) is 15.9. The Kier molecular flexibility index (Phi) is 5.15. The molecule has 1 aliphatic rings. The lowest BCUT2D eigenvalue weighted by atomic mass is 9.95. The minimum atomic E-state index is -0.939.